The maximum atomic E-state index is 9.60. The summed E-state index contributed by atoms with van der Waals surface area (Å²) >= 11 is 1.33. The number of aromatic nitrogens is 1. The molecule has 0 spiro atoms. The molecule has 0 fully saturated rings. The van der Waals surface area contributed by atoms with Crippen LogP contribution in [0, 0.1) is 0 Å². The van der Waals surface area contributed by atoms with E-state index in [0.29, 0.717) is 21.3 Å². The lowest BCUT2D eigenvalue weighted by Crippen LogP contribution is -1.84. The van der Waals surface area contributed by atoms with Gasteiger partial charge in [0.25, 0.3) is 0 Å². The van der Waals surface area contributed by atoms with E-state index in [9.17, 15) is 5.11 Å². The summed E-state index contributed by atoms with van der Waals surface area (Å²) in [4.78, 5) is 4.07. The van der Waals surface area contributed by atoms with Crippen molar-refractivity contribution in [3.63, 3.8) is 0 Å². The molecule has 72 valence electrons. The molecule has 1 aromatic carbocycles. The Bertz CT molecular complexity index is 467. The fourth-order valence-electron chi connectivity index (χ4n) is 1.14. The normalized spacial score (nSPS) is 10.3. The third kappa shape index (κ3) is 1.49. The molecule has 14 heavy (non-hydrogen) atoms. The number of phenols is 1. The van der Waals surface area contributed by atoms with Crippen LogP contribution in [0.5, 0.6) is 5.75 Å². The first-order valence-electron chi connectivity index (χ1n) is 3.97. The molecule has 5 heteroatoms. The Morgan fingerprint density at radius 2 is 2.07 bits per heavy atom. The standard InChI is InChI=1S/C9H9N3OS/c10-5-1-2-6(7(13)3-5)9-12-4-8(11)14-9/h1-4,13H,10-11H2. The van der Waals surface area contributed by atoms with Crippen LogP contribution in [0.4, 0.5) is 10.7 Å². The van der Waals surface area contributed by atoms with Gasteiger partial charge in [0, 0.05) is 11.8 Å². The number of thiazole rings is 1. The molecule has 0 radical (unpaired) electrons. The van der Waals surface area contributed by atoms with Crippen molar-refractivity contribution in [2.45, 2.75) is 0 Å². The number of aromatic hydroxyl groups is 1. The predicted molar refractivity (Wildman–Crippen MR) is 58.0 cm³/mol. The molecule has 1 aromatic heterocycles. The van der Waals surface area contributed by atoms with Gasteiger partial charge in [-0.05, 0) is 12.1 Å². The smallest absolute Gasteiger partial charge is 0.128 e. The van der Waals surface area contributed by atoms with Crippen molar-refractivity contribution in [3.8, 4) is 16.3 Å². The number of rotatable bonds is 1. The summed E-state index contributed by atoms with van der Waals surface area (Å²) in [6.07, 6.45) is 1.57. The van der Waals surface area contributed by atoms with Crippen molar-refractivity contribution in [3.05, 3.63) is 24.4 Å². The first-order valence-corrected chi connectivity index (χ1v) is 4.78. The number of nitrogen functional groups attached to an aromatic ring is 2. The van der Waals surface area contributed by atoms with Crippen molar-refractivity contribution in [1.82, 2.24) is 4.98 Å². The Kier molecular flexibility index (Phi) is 2.01. The topological polar surface area (TPSA) is 85.2 Å². The number of hydrogen-bond acceptors (Lipinski definition) is 5. The highest BCUT2D eigenvalue weighted by Gasteiger charge is 2.07. The zero-order chi connectivity index (χ0) is 10.1. The van der Waals surface area contributed by atoms with E-state index < -0.39 is 0 Å². The SMILES string of the molecule is Nc1ccc(-c2ncc(N)s2)c(O)c1. The minimum absolute atomic E-state index is 0.124. The minimum atomic E-state index is 0.124. The van der Waals surface area contributed by atoms with Crippen molar-refractivity contribution in [2.24, 2.45) is 0 Å². The molecule has 4 nitrogen and oxygen atoms in total. The van der Waals surface area contributed by atoms with E-state index in [1.165, 1.54) is 17.4 Å². The molecule has 0 atom stereocenters. The van der Waals surface area contributed by atoms with E-state index in [4.69, 9.17) is 11.5 Å². The summed E-state index contributed by atoms with van der Waals surface area (Å²) in [5.74, 6) is 0.124. The zero-order valence-corrected chi connectivity index (χ0v) is 8.08. The highest BCUT2D eigenvalue weighted by Crippen LogP contribution is 2.34. The number of phenolic OH excluding ortho intramolecular Hbond substituents is 1. The molecule has 0 aliphatic heterocycles. The summed E-state index contributed by atoms with van der Waals surface area (Å²) < 4.78 is 0. The maximum absolute atomic E-state index is 9.60. The van der Waals surface area contributed by atoms with E-state index in [-0.39, 0.29) is 5.75 Å². The van der Waals surface area contributed by atoms with Crippen molar-refractivity contribution in [1.29, 1.82) is 0 Å². The van der Waals surface area contributed by atoms with Gasteiger partial charge >= 0.3 is 0 Å². The molecule has 0 unspecified atom stereocenters. The van der Waals surface area contributed by atoms with Gasteiger partial charge in [0.2, 0.25) is 0 Å². The number of nitrogens with two attached hydrogens (primary N) is 2. The average molecular weight is 207 g/mol. The monoisotopic (exact) mass is 207 g/mol. The molecule has 0 aliphatic carbocycles. The molecule has 1 heterocycles. The summed E-state index contributed by atoms with van der Waals surface area (Å²) in [6, 6.07) is 4.93. The van der Waals surface area contributed by atoms with E-state index in [2.05, 4.69) is 4.98 Å². The van der Waals surface area contributed by atoms with Crippen LogP contribution in [0.25, 0.3) is 10.6 Å². The van der Waals surface area contributed by atoms with Crippen molar-refractivity contribution < 1.29 is 5.11 Å². The van der Waals surface area contributed by atoms with E-state index >= 15 is 0 Å². The fourth-order valence-corrected chi connectivity index (χ4v) is 1.86. The molecule has 0 amide bonds. The van der Waals surface area contributed by atoms with Crippen LogP contribution in [-0.4, -0.2) is 10.1 Å². The summed E-state index contributed by atoms with van der Waals surface area (Å²) in [5.41, 5.74) is 12.2. The number of nitrogens with zero attached hydrogens (tertiary/aromatic N) is 1. The molecule has 0 bridgehead atoms. The quantitative estimate of drug-likeness (QED) is 0.621. The van der Waals surface area contributed by atoms with Crippen LogP contribution >= 0.6 is 11.3 Å². The average Bonchev–Trinajstić information content (AvgIpc) is 2.51. The molecule has 0 saturated carbocycles. The van der Waals surface area contributed by atoms with Gasteiger partial charge in [-0.3, -0.25) is 0 Å². The zero-order valence-electron chi connectivity index (χ0n) is 7.27. The number of anilines is 2. The van der Waals surface area contributed by atoms with Crippen molar-refractivity contribution >= 4 is 22.0 Å². The Hall–Kier alpha value is -1.75. The first-order chi connectivity index (χ1) is 6.66. The Labute approximate surface area is 84.8 Å². The first kappa shape index (κ1) is 8.83. The summed E-state index contributed by atoms with van der Waals surface area (Å²) in [6.45, 7) is 0. The van der Waals surface area contributed by atoms with Gasteiger partial charge in [-0.15, -0.1) is 0 Å². The molecular weight excluding hydrogens is 198 g/mol. The highest BCUT2D eigenvalue weighted by atomic mass is 32.1. The molecule has 2 aromatic rings. The van der Waals surface area contributed by atoms with Crippen molar-refractivity contribution in [2.75, 3.05) is 11.5 Å². The Morgan fingerprint density at radius 3 is 2.64 bits per heavy atom. The van der Waals surface area contributed by atoms with Crippen LogP contribution in [0.2, 0.25) is 0 Å². The van der Waals surface area contributed by atoms with E-state index in [1.807, 2.05) is 0 Å². The lowest BCUT2D eigenvalue weighted by Gasteiger charge is -2.01. The van der Waals surface area contributed by atoms with Gasteiger partial charge in [-0.2, -0.15) is 0 Å². The van der Waals surface area contributed by atoms with Crippen LogP contribution in [-0.2, 0) is 0 Å². The largest absolute Gasteiger partial charge is 0.507 e. The lowest BCUT2D eigenvalue weighted by atomic mass is 10.2. The predicted octanol–water partition coefficient (Wildman–Crippen LogP) is 1.68. The van der Waals surface area contributed by atoms with Crippen LogP contribution in [0.1, 0.15) is 0 Å². The third-order valence-electron chi connectivity index (χ3n) is 1.78. The molecule has 0 aliphatic rings. The van der Waals surface area contributed by atoms with Crippen LogP contribution in [0.3, 0.4) is 0 Å². The van der Waals surface area contributed by atoms with Gasteiger partial charge in [0.05, 0.1) is 11.8 Å². The van der Waals surface area contributed by atoms with E-state index in [0.717, 1.165) is 0 Å². The number of benzene rings is 1. The highest BCUT2D eigenvalue weighted by molar-refractivity contribution is 7.18. The number of hydrogen-bond donors (Lipinski definition) is 3. The molecule has 5 N–H and O–H groups in total. The third-order valence-corrected chi connectivity index (χ3v) is 2.64. The molecule has 0 saturated heterocycles. The van der Waals surface area contributed by atoms with Gasteiger partial charge in [0.15, 0.2) is 0 Å². The molecular formula is C9H9N3OS. The van der Waals surface area contributed by atoms with Gasteiger partial charge in [-0.1, -0.05) is 11.3 Å². The van der Waals surface area contributed by atoms with Gasteiger partial charge < -0.3 is 16.6 Å². The van der Waals surface area contributed by atoms with Crippen LogP contribution < -0.4 is 11.5 Å². The van der Waals surface area contributed by atoms with Gasteiger partial charge in [-0.25, -0.2) is 4.98 Å². The Balaban J connectivity index is 2.52. The molecule has 2 rings (SSSR count). The van der Waals surface area contributed by atoms with E-state index in [1.54, 1.807) is 18.3 Å². The summed E-state index contributed by atoms with van der Waals surface area (Å²) in [5, 5.41) is 10.9. The second-order valence-corrected chi connectivity index (χ2v) is 3.91. The second kappa shape index (κ2) is 3.19. The Morgan fingerprint density at radius 1 is 1.29 bits per heavy atom. The van der Waals surface area contributed by atoms with Crippen LogP contribution in [0.15, 0.2) is 24.4 Å². The summed E-state index contributed by atoms with van der Waals surface area (Å²) in [7, 11) is 0. The minimum Gasteiger partial charge on any atom is -0.507 e. The fraction of sp³-hybridized carbons (Fsp3) is 0. The second-order valence-electron chi connectivity index (χ2n) is 2.84. The van der Waals surface area contributed by atoms with Gasteiger partial charge in [0.1, 0.15) is 15.8 Å². The lowest BCUT2D eigenvalue weighted by molar-refractivity contribution is 0.477. The maximum Gasteiger partial charge on any atom is 0.128 e.